The highest BCUT2D eigenvalue weighted by molar-refractivity contribution is 14.0. The van der Waals surface area contributed by atoms with E-state index >= 15 is 0 Å². The van der Waals surface area contributed by atoms with E-state index in [1.54, 1.807) is 13.2 Å². The molecule has 1 aromatic rings. The summed E-state index contributed by atoms with van der Waals surface area (Å²) in [6.07, 6.45) is 5.32. The van der Waals surface area contributed by atoms with Gasteiger partial charge in [-0.15, -0.1) is 24.0 Å². The van der Waals surface area contributed by atoms with Crippen LogP contribution in [-0.2, 0) is 11.2 Å². The van der Waals surface area contributed by atoms with E-state index in [4.69, 9.17) is 16.6 Å². The summed E-state index contributed by atoms with van der Waals surface area (Å²) in [4.78, 5) is 22.7. The number of carbonyl (C=O) groups excluding carboxylic acids is 1. The van der Waals surface area contributed by atoms with Crippen molar-refractivity contribution >= 4 is 47.4 Å². The summed E-state index contributed by atoms with van der Waals surface area (Å²) in [5, 5.41) is 6.60. The highest BCUT2D eigenvalue weighted by Gasteiger charge is 2.22. The zero-order chi connectivity index (χ0) is 18.1. The zero-order valence-corrected chi connectivity index (χ0v) is 18.6. The third kappa shape index (κ3) is 7.65. The molecule has 1 saturated heterocycles. The number of likely N-dealkylation sites (tertiary alicyclic amines) is 1. The van der Waals surface area contributed by atoms with Crippen LogP contribution >= 0.6 is 35.6 Å². The van der Waals surface area contributed by atoms with Gasteiger partial charge in [0.2, 0.25) is 5.91 Å². The van der Waals surface area contributed by atoms with E-state index < -0.39 is 0 Å². The molecule has 6 nitrogen and oxygen atoms in total. The molecule has 26 heavy (non-hydrogen) atoms. The Morgan fingerprint density at radius 3 is 2.69 bits per heavy atom. The number of halogens is 2. The second-order valence-electron chi connectivity index (χ2n) is 6.28. The number of guanidine groups is 1. The SMILES string of the molecule is CCNC(=NCCc1ccc(Cl)nc1)N1CCC(CC(=O)NC)CC1.I. The highest BCUT2D eigenvalue weighted by Crippen LogP contribution is 2.20. The Morgan fingerprint density at radius 1 is 1.38 bits per heavy atom. The lowest BCUT2D eigenvalue weighted by Crippen LogP contribution is -2.46. The van der Waals surface area contributed by atoms with E-state index in [-0.39, 0.29) is 29.9 Å². The summed E-state index contributed by atoms with van der Waals surface area (Å²) >= 11 is 5.81. The van der Waals surface area contributed by atoms with Crippen LogP contribution in [0, 0.1) is 5.92 Å². The Morgan fingerprint density at radius 2 is 2.12 bits per heavy atom. The number of piperidine rings is 1. The van der Waals surface area contributed by atoms with Crippen LogP contribution in [0.4, 0.5) is 0 Å². The quantitative estimate of drug-likeness (QED) is 0.277. The van der Waals surface area contributed by atoms with Gasteiger partial charge in [0.25, 0.3) is 0 Å². The standard InChI is InChI=1S/C18H28ClN5O.HI/c1-3-21-18(22-9-6-15-4-5-16(19)23-13-15)24-10-7-14(8-11-24)12-17(25)20-2;/h4-5,13-14H,3,6-12H2,1-2H3,(H,20,25)(H,21,22);1H. The smallest absolute Gasteiger partial charge is 0.220 e. The van der Waals surface area contributed by atoms with Crippen molar-refractivity contribution in [3.63, 3.8) is 0 Å². The molecule has 1 aliphatic heterocycles. The maximum atomic E-state index is 11.5. The molecule has 1 fully saturated rings. The fourth-order valence-corrected chi connectivity index (χ4v) is 3.10. The van der Waals surface area contributed by atoms with E-state index in [9.17, 15) is 4.79 Å². The van der Waals surface area contributed by atoms with Gasteiger partial charge in [0.15, 0.2) is 5.96 Å². The highest BCUT2D eigenvalue weighted by atomic mass is 127. The fraction of sp³-hybridized carbons (Fsp3) is 0.611. The van der Waals surface area contributed by atoms with E-state index in [0.717, 1.165) is 50.4 Å². The van der Waals surface area contributed by atoms with Crippen molar-refractivity contribution in [2.24, 2.45) is 10.9 Å². The minimum atomic E-state index is 0. The van der Waals surface area contributed by atoms with Crippen molar-refractivity contribution in [3.8, 4) is 0 Å². The first-order valence-corrected chi connectivity index (χ1v) is 9.34. The number of nitrogens with one attached hydrogen (secondary N) is 2. The van der Waals surface area contributed by atoms with E-state index in [2.05, 4.69) is 27.4 Å². The number of hydrogen-bond acceptors (Lipinski definition) is 3. The molecule has 1 aromatic heterocycles. The van der Waals surface area contributed by atoms with Gasteiger partial charge in [0.05, 0.1) is 0 Å². The number of hydrogen-bond donors (Lipinski definition) is 2. The van der Waals surface area contributed by atoms with E-state index in [1.165, 1.54) is 0 Å². The molecular formula is C18H29ClIN5O. The predicted octanol–water partition coefficient (Wildman–Crippen LogP) is 2.71. The van der Waals surface area contributed by atoms with Gasteiger partial charge >= 0.3 is 0 Å². The van der Waals surface area contributed by atoms with Crippen LogP contribution in [0.15, 0.2) is 23.3 Å². The molecule has 1 aliphatic rings. The van der Waals surface area contributed by atoms with Crippen molar-refractivity contribution in [2.45, 2.75) is 32.6 Å². The summed E-state index contributed by atoms with van der Waals surface area (Å²) in [7, 11) is 1.70. The predicted molar refractivity (Wildman–Crippen MR) is 117 cm³/mol. The molecule has 2 rings (SSSR count). The first-order valence-electron chi connectivity index (χ1n) is 8.96. The summed E-state index contributed by atoms with van der Waals surface area (Å²) in [6.45, 7) is 5.52. The van der Waals surface area contributed by atoms with Gasteiger partial charge in [-0.05, 0) is 43.7 Å². The summed E-state index contributed by atoms with van der Waals surface area (Å²) in [5.41, 5.74) is 1.13. The van der Waals surface area contributed by atoms with Gasteiger partial charge in [0, 0.05) is 45.8 Å². The molecule has 0 aliphatic carbocycles. The molecule has 2 N–H and O–H groups in total. The average molecular weight is 494 g/mol. The second kappa shape index (κ2) is 12.3. The molecule has 0 aromatic carbocycles. The van der Waals surface area contributed by atoms with Crippen molar-refractivity contribution in [2.75, 3.05) is 33.2 Å². The van der Waals surface area contributed by atoms with Gasteiger partial charge < -0.3 is 15.5 Å². The number of rotatable bonds is 6. The minimum Gasteiger partial charge on any atom is -0.359 e. The summed E-state index contributed by atoms with van der Waals surface area (Å²) < 4.78 is 0. The summed E-state index contributed by atoms with van der Waals surface area (Å²) in [5.74, 6) is 1.57. The molecule has 0 spiro atoms. The monoisotopic (exact) mass is 493 g/mol. The number of amides is 1. The van der Waals surface area contributed by atoms with Crippen LogP contribution in [0.1, 0.15) is 31.7 Å². The number of carbonyl (C=O) groups is 1. The van der Waals surface area contributed by atoms with E-state index in [0.29, 0.717) is 24.0 Å². The second-order valence-corrected chi connectivity index (χ2v) is 6.67. The van der Waals surface area contributed by atoms with Crippen molar-refractivity contribution in [1.29, 1.82) is 0 Å². The Hall–Kier alpha value is -1.09. The van der Waals surface area contributed by atoms with Crippen LogP contribution in [-0.4, -0.2) is 55.0 Å². The van der Waals surface area contributed by atoms with Crippen LogP contribution in [0.25, 0.3) is 0 Å². The van der Waals surface area contributed by atoms with Gasteiger partial charge in [-0.1, -0.05) is 17.7 Å². The molecule has 0 unspecified atom stereocenters. The normalized spacial score (nSPS) is 15.3. The molecule has 0 bridgehead atoms. The zero-order valence-electron chi connectivity index (χ0n) is 15.5. The number of aromatic nitrogens is 1. The van der Waals surface area contributed by atoms with Crippen LogP contribution in [0.3, 0.4) is 0 Å². The van der Waals surface area contributed by atoms with Gasteiger partial charge in [-0.25, -0.2) is 4.98 Å². The van der Waals surface area contributed by atoms with Crippen LogP contribution < -0.4 is 10.6 Å². The van der Waals surface area contributed by atoms with Crippen molar-refractivity contribution < 1.29 is 4.79 Å². The van der Waals surface area contributed by atoms with Gasteiger partial charge in [-0.2, -0.15) is 0 Å². The topological polar surface area (TPSA) is 69.6 Å². The molecule has 2 heterocycles. The molecule has 146 valence electrons. The molecule has 1 amide bonds. The number of pyridine rings is 1. The lowest BCUT2D eigenvalue weighted by Gasteiger charge is -2.34. The average Bonchev–Trinajstić information content (AvgIpc) is 2.63. The van der Waals surface area contributed by atoms with E-state index in [1.807, 2.05) is 12.1 Å². The Bertz CT molecular complexity index is 573. The first-order chi connectivity index (χ1) is 12.1. The van der Waals surface area contributed by atoms with Gasteiger partial charge in [-0.3, -0.25) is 9.79 Å². The minimum absolute atomic E-state index is 0. The van der Waals surface area contributed by atoms with Crippen LogP contribution in [0.2, 0.25) is 5.15 Å². The molecule has 0 atom stereocenters. The van der Waals surface area contributed by atoms with Crippen molar-refractivity contribution in [3.05, 3.63) is 29.0 Å². The van der Waals surface area contributed by atoms with Crippen molar-refractivity contribution in [1.82, 2.24) is 20.5 Å². The number of aliphatic imine (C=N–C) groups is 1. The van der Waals surface area contributed by atoms with Crippen LogP contribution in [0.5, 0.6) is 0 Å². The number of nitrogens with zero attached hydrogens (tertiary/aromatic N) is 3. The maximum Gasteiger partial charge on any atom is 0.220 e. The Labute approximate surface area is 178 Å². The molecular weight excluding hydrogens is 465 g/mol. The third-order valence-electron chi connectivity index (χ3n) is 4.45. The first kappa shape index (κ1) is 23.0. The molecule has 8 heteroatoms. The molecule has 0 radical (unpaired) electrons. The largest absolute Gasteiger partial charge is 0.359 e. The Balaban J connectivity index is 0.00000338. The molecule has 0 saturated carbocycles. The summed E-state index contributed by atoms with van der Waals surface area (Å²) in [6, 6.07) is 3.80. The Kier molecular flexibility index (Phi) is 10.9. The lowest BCUT2D eigenvalue weighted by atomic mass is 9.93. The third-order valence-corrected chi connectivity index (χ3v) is 4.68. The maximum absolute atomic E-state index is 11.5. The lowest BCUT2D eigenvalue weighted by molar-refractivity contribution is -0.121. The fourth-order valence-electron chi connectivity index (χ4n) is 2.98. The van der Waals surface area contributed by atoms with Gasteiger partial charge in [0.1, 0.15) is 5.15 Å².